The smallest absolute Gasteiger partial charge is 0.242 e. The zero-order valence-corrected chi connectivity index (χ0v) is 9.67. The monoisotopic (exact) mass is 210 g/mol. The fraction of sp³-hybridized carbons (Fsp3) is 0.917. The van der Waals surface area contributed by atoms with Gasteiger partial charge in [-0.25, -0.2) is 0 Å². The molecular formula is C12H22N2O. The van der Waals surface area contributed by atoms with E-state index in [2.05, 4.69) is 11.8 Å². The van der Waals surface area contributed by atoms with Crippen LogP contribution in [0.4, 0.5) is 0 Å². The number of amides is 1. The third-order valence-corrected chi connectivity index (χ3v) is 3.82. The summed E-state index contributed by atoms with van der Waals surface area (Å²) in [7, 11) is 0. The third-order valence-electron chi connectivity index (χ3n) is 3.82. The second kappa shape index (κ2) is 4.12. The van der Waals surface area contributed by atoms with Gasteiger partial charge in [-0.3, -0.25) is 4.79 Å². The summed E-state index contributed by atoms with van der Waals surface area (Å²) in [6.07, 6.45) is 7.69. The van der Waals surface area contributed by atoms with Gasteiger partial charge in [0, 0.05) is 12.6 Å². The summed E-state index contributed by atoms with van der Waals surface area (Å²) in [4.78, 5) is 14.3. The molecule has 1 aliphatic carbocycles. The number of carbonyl (C=O) groups is 1. The maximum atomic E-state index is 12.2. The van der Waals surface area contributed by atoms with E-state index < -0.39 is 5.54 Å². The van der Waals surface area contributed by atoms with Crippen LogP contribution < -0.4 is 5.73 Å². The van der Waals surface area contributed by atoms with Gasteiger partial charge in [0.1, 0.15) is 0 Å². The van der Waals surface area contributed by atoms with Crippen molar-refractivity contribution in [2.75, 3.05) is 6.54 Å². The van der Waals surface area contributed by atoms with Gasteiger partial charge in [-0.1, -0.05) is 19.8 Å². The molecule has 3 nitrogen and oxygen atoms in total. The van der Waals surface area contributed by atoms with E-state index in [0.717, 1.165) is 32.2 Å². The molecule has 1 heterocycles. The predicted molar refractivity (Wildman–Crippen MR) is 60.4 cm³/mol. The van der Waals surface area contributed by atoms with E-state index in [-0.39, 0.29) is 5.91 Å². The summed E-state index contributed by atoms with van der Waals surface area (Å²) in [5.41, 5.74) is 5.52. The van der Waals surface area contributed by atoms with Crippen molar-refractivity contribution >= 4 is 5.91 Å². The van der Waals surface area contributed by atoms with Crippen molar-refractivity contribution in [2.45, 2.75) is 63.5 Å². The third kappa shape index (κ3) is 2.17. The molecule has 1 saturated heterocycles. The second-order valence-electron chi connectivity index (χ2n) is 5.07. The van der Waals surface area contributed by atoms with E-state index in [9.17, 15) is 4.79 Å². The Bertz CT molecular complexity index is 248. The number of likely N-dealkylation sites (tertiary alicyclic amines) is 1. The van der Waals surface area contributed by atoms with Gasteiger partial charge in [0.2, 0.25) is 5.91 Å². The first-order valence-corrected chi connectivity index (χ1v) is 6.27. The molecule has 86 valence electrons. The molecule has 2 aliphatic rings. The lowest BCUT2D eigenvalue weighted by Gasteiger charge is -2.31. The van der Waals surface area contributed by atoms with Crippen LogP contribution in [0.3, 0.4) is 0 Å². The van der Waals surface area contributed by atoms with Gasteiger partial charge in [0.05, 0.1) is 5.54 Å². The molecule has 1 amide bonds. The molecule has 0 aromatic heterocycles. The highest BCUT2D eigenvalue weighted by molar-refractivity contribution is 5.89. The summed E-state index contributed by atoms with van der Waals surface area (Å²) in [5.74, 6) is 0.219. The molecule has 0 spiro atoms. The molecule has 3 heteroatoms. The summed E-state index contributed by atoms with van der Waals surface area (Å²) in [6.45, 7) is 3.10. The molecule has 1 unspecified atom stereocenters. The fourth-order valence-corrected chi connectivity index (χ4v) is 2.50. The van der Waals surface area contributed by atoms with E-state index in [1.54, 1.807) is 0 Å². The zero-order valence-electron chi connectivity index (χ0n) is 9.67. The number of nitrogens with zero attached hydrogens (tertiary/aromatic N) is 1. The van der Waals surface area contributed by atoms with E-state index in [0.29, 0.717) is 6.04 Å². The van der Waals surface area contributed by atoms with Crippen LogP contribution in [0.5, 0.6) is 0 Å². The quantitative estimate of drug-likeness (QED) is 0.753. The van der Waals surface area contributed by atoms with Crippen LogP contribution in [0.25, 0.3) is 0 Å². The Balaban J connectivity index is 2.05. The molecule has 0 radical (unpaired) electrons. The molecule has 0 aromatic carbocycles. The highest BCUT2D eigenvalue weighted by Crippen LogP contribution is 2.36. The highest BCUT2D eigenvalue weighted by atomic mass is 16.2. The lowest BCUT2D eigenvalue weighted by Crippen LogP contribution is -2.49. The predicted octanol–water partition coefficient (Wildman–Crippen LogP) is 1.66. The van der Waals surface area contributed by atoms with E-state index in [1.165, 1.54) is 19.3 Å². The van der Waals surface area contributed by atoms with Crippen molar-refractivity contribution in [1.29, 1.82) is 0 Å². The van der Waals surface area contributed by atoms with Crippen LogP contribution in [-0.2, 0) is 4.79 Å². The molecule has 2 N–H and O–H groups in total. The van der Waals surface area contributed by atoms with Gasteiger partial charge in [-0.2, -0.15) is 0 Å². The van der Waals surface area contributed by atoms with Gasteiger partial charge in [-0.05, 0) is 32.1 Å². The summed E-state index contributed by atoms with van der Waals surface area (Å²) in [5, 5.41) is 0. The standard InChI is InChI=1S/C12H22N2O/c1-2-10-6-4-3-5-9-14(10)11(15)12(13)7-8-12/h10H,2-9,13H2,1H3. The van der Waals surface area contributed by atoms with Gasteiger partial charge < -0.3 is 10.6 Å². The van der Waals surface area contributed by atoms with Crippen molar-refractivity contribution < 1.29 is 4.79 Å². The molecule has 1 atom stereocenters. The molecule has 2 rings (SSSR count). The maximum Gasteiger partial charge on any atom is 0.242 e. The minimum absolute atomic E-state index is 0.219. The fourth-order valence-electron chi connectivity index (χ4n) is 2.50. The number of nitrogens with two attached hydrogens (primary N) is 1. The molecule has 0 aromatic rings. The van der Waals surface area contributed by atoms with Gasteiger partial charge in [0.25, 0.3) is 0 Å². The Morgan fingerprint density at radius 3 is 2.73 bits per heavy atom. The summed E-state index contributed by atoms with van der Waals surface area (Å²) < 4.78 is 0. The Hall–Kier alpha value is -0.570. The van der Waals surface area contributed by atoms with Crippen LogP contribution in [0, 0.1) is 0 Å². The van der Waals surface area contributed by atoms with E-state index in [4.69, 9.17) is 5.73 Å². The summed E-state index contributed by atoms with van der Waals surface area (Å²) in [6, 6.07) is 0.445. The van der Waals surface area contributed by atoms with Crippen molar-refractivity contribution in [1.82, 2.24) is 4.90 Å². The topological polar surface area (TPSA) is 46.3 Å². The maximum absolute atomic E-state index is 12.2. The minimum atomic E-state index is -0.474. The molecule has 1 aliphatic heterocycles. The molecule has 1 saturated carbocycles. The number of rotatable bonds is 2. The first-order chi connectivity index (χ1) is 7.17. The van der Waals surface area contributed by atoms with Crippen LogP contribution in [0.15, 0.2) is 0 Å². The van der Waals surface area contributed by atoms with Crippen LogP contribution in [0.2, 0.25) is 0 Å². The Morgan fingerprint density at radius 2 is 2.13 bits per heavy atom. The Morgan fingerprint density at radius 1 is 1.40 bits per heavy atom. The molecular weight excluding hydrogens is 188 g/mol. The van der Waals surface area contributed by atoms with Crippen molar-refractivity contribution in [2.24, 2.45) is 5.73 Å². The number of hydrogen-bond acceptors (Lipinski definition) is 2. The molecule has 2 fully saturated rings. The molecule has 15 heavy (non-hydrogen) atoms. The van der Waals surface area contributed by atoms with E-state index in [1.807, 2.05) is 0 Å². The Labute approximate surface area is 92.0 Å². The first kappa shape index (κ1) is 10.9. The highest BCUT2D eigenvalue weighted by Gasteiger charge is 2.49. The molecule has 0 bridgehead atoms. The van der Waals surface area contributed by atoms with Crippen LogP contribution >= 0.6 is 0 Å². The largest absolute Gasteiger partial charge is 0.338 e. The summed E-state index contributed by atoms with van der Waals surface area (Å²) >= 11 is 0. The van der Waals surface area contributed by atoms with Gasteiger partial charge in [0.15, 0.2) is 0 Å². The van der Waals surface area contributed by atoms with Crippen molar-refractivity contribution in [3.05, 3.63) is 0 Å². The van der Waals surface area contributed by atoms with Crippen LogP contribution in [-0.4, -0.2) is 28.9 Å². The van der Waals surface area contributed by atoms with Crippen molar-refractivity contribution in [3.8, 4) is 0 Å². The lowest BCUT2D eigenvalue weighted by molar-refractivity contribution is -0.136. The first-order valence-electron chi connectivity index (χ1n) is 6.27. The van der Waals surface area contributed by atoms with Crippen LogP contribution in [0.1, 0.15) is 51.9 Å². The number of hydrogen-bond donors (Lipinski definition) is 1. The SMILES string of the molecule is CCC1CCCCCN1C(=O)C1(N)CC1. The zero-order chi connectivity index (χ0) is 10.9. The Kier molecular flexibility index (Phi) is 3.01. The van der Waals surface area contributed by atoms with Gasteiger partial charge >= 0.3 is 0 Å². The lowest BCUT2D eigenvalue weighted by atomic mass is 10.1. The van der Waals surface area contributed by atoms with E-state index >= 15 is 0 Å². The average molecular weight is 210 g/mol. The second-order valence-corrected chi connectivity index (χ2v) is 5.07. The average Bonchev–Trinajstić information content (AvgIpc) is 3.00. The number of carbonyl (C=O) groups excluding carboxylic acids is 1. The van der Waals surface area contributed by atoms with Crippen molar-refractivity contribution in [3.63, 3.8) is 0 Å². The minimum Gasteiger partial charge on any atom is -0.338 e. The normalized spacial score (nSPS) is 29.7. The van der Waals surface area contributed by atoms with Gasteiger partial charge in [-0.15, -0.1) is 0 Å².